The van der Waals surface area contributed by atoms with Crippen molar-refractivity contribution < 1.29 is 14.9 Å². The molecule has 3 N–H and O–H groups in total. The van der Waals surface area contributed by atoms with Crippen LogP contribution in [0.1, 0.15) is 32.6 Å². The third kappa shape index (κ3) is 5.61. The quantitative estimate of drug-likeness (QED) is 0.531. The molecule has 0 aliphatic carbocycles. The average molecular weight is 287 g/mol. The van der Waals surface area contributed by atoms with Gasteiger partial charge < -0.3 is 15.1 Å². The van der Waals surface area contributed by atoms with Crippen LogP contribution in [-0.4, -0.2) is 46.4 Å². The minimum atomic E-state index is 0.104. The van der Waals surface area contributed by atoms with Crippen LogP contribution in [0.5, 0.6) is 0 Å². The normalized spacial score (nSPS) is 10.7. The van der Waals surface area contributed by atoms with Gasteiger partial charge in [-0.25, -0.2) is 0 Å². The van der Waals surface area contributed by atoms with E-state index in [1.807, 2.05) is 13.8 Å². The van der Waals surface area contributed by atoms with Crippen molar-refractivity contribution in [3.05, 3.63) is 5.89 Å². The number of carbonyl (C=O) groups is 1. The van der Waals surface area contributed by atoms with Crippen LogP contribution in [0.4, 0.5) is 0 Å². The van der Waals surface area contributed by atoms with Gasteiger partial charge in [0, 0.05) is 19.5 Å². The molecule has 0 aliphatic heterocycles. The number of aromatic nitrogens is 2. The van der Waals surface area contributed by atoms with Crippen LogP contribution in [0.2, 0.25) is 0 Å². The van der Waals surface area contributed by atoms with Gasteiger partial charge in [0.15, 0.2) is 0 Å². The number of quaternary nitrogens is 1. The first kappa shape index (κ1) is 16.0. The van der Waals surface area contributed by atoms with Gasteiger partial charge in [0.1, 0.15) is 0 Å². The fourth-order valence-electron chi connectivity index (χ4n) is 1.64. The zero-order valence-electron chi connectivity index (χ0n) is 11.7. The Morgan fingerprint density at radius 3 is 2.68 bits per heavy atom. The Kier molecular flexibility index (Phi) is 7.50. The summed E-state index contributed by atoms with van der Waals surface area (Å²) in [5.41, 5.74) is 3.79. The lowest BCUT2D eigenvalue weighted by Crippen LogP contribution is -2.50. The molecule has 0 aromatic carbocycles. The smallest absolute Gasteiger partial charge is 0.277 e. The van der Waals surface area contributed by atoms with Gasteiger partial charge in [-0.05, 0) is 26.7 Å². The zero-order valence-corrected chi connectivity index (χ0v) is 12.5. The van der Waals surface area contributed by atoms with Crippen LogP contribution >= 0.6 is 11.8 Å². The van der Waals surface area contributed by atoms with E-state index in [1.54, 1.807) is 4.90 Å². The van der Waals surface area contributed by atoms with Crippen LogP contribution in [0.3, 0.4) is 0 Å². The second-order valence-electron chi connectivity index (χ2n) is 4.13. The maximum Gasteiger partial charge on any atom is 0.277 e. The summed E-state index contributed by atoms with van der Waals surface area (Å²) < 4.78 is 5.48. The Hall–Kier alpha value is -1.08. The highest BCUT2D eigenvalue weighted by Gasteiger charge is 2.13. The molecule has 0 radical (unpaired) electrons. The van der Waals surface area contributed by atoms with E-state index in [0.717, 1.165) is 38.9 Å². The predicted molar refractivity (Wildman–Crippen MR) is 73.6 cm³/mol. The van der Waals surface area contributed by atoms with Gasteiger partial charge in [-0.3, -0.25) is 4.79 Å². The Morgan fingerprint density at radius 1 is 1.32 bits per heavy atom. The van der Waals surface area contributed by atoms with E-state index in [0.29, 0.717) is 16.9 Å². The largest absolute Gasteiger partial charge is 0.416 e. The van der Waals surface area contributed by atoms with Crippen LogP contribution in [0.25, 0.3) is 0 Å². The summed E-state index contributed by atoms with van der Waals surface area (Å²) in [6, 6.07) is 0. The molecule has 0 aliphatic rings. The molecule has 1 heterocycles. The second kappa shape index (κ2) is 8.92. The molecule has 0 atom stereocenters. The molecular formula is C12H23N4O2S+. The molecule has 1 amide bonds. The van der Waals surface area contributed by atoms with Gasteiger partial charge in [-0.2, -0.15) is 0 Å². The summed E-state index contributed by atoms with van der Waals surface area (Å²) in [5.74, 6) is 1.10. The fourth-order valence-corrected chi connectivity index (χ4v) is 2.32. The molecule has 6 nitrogen and oxygen atoms in total. The van der Waals surface area contributed by atoms with Crippen molar-refractivity contribution in [2.45, 2.75) is 38.3 Å². The molecule has 0 unspecified atom stereocenters. The molecule has 19 heavy (non-hydrogen) atoms. The number of nitrogens with zero attached hydrogens (tertiary/aromatic N) is 3. The molecule has 0 spiro atoms. The predicted octanol–water partition coefficient (Wildman–Crippen LogP) is 0.595. The molecule has 1 aromatic rings. The van der Waals surface area contributed by atoms with Crippen molar-refractivity contribution in [1.82, 2.24) is 15.1 Å². The molecular weight excluding hydrogens is 264 g/mol. The Bertz CT molecular complexity index is 380. The minimum absolute atomic E-state index is 0.104. The van der Waals surface area contributed by atoms with Crippen LogP contribution < -0.4 is 5.73 Å². The summed E-state index contributed by atoms with van der Waals surface area (Å²) in [7, 11) is 0. The van der Waals surface area contributed by atoms with E-state index < -0.39 is 0 Å². The van der Waals surface area contributed by atoms with E-state index >= 15 is 0 Å². The number of thioether (sulfide) groups is 1. The SMILES string of the molecule is CCN(CC)C(=O)CSc1nnc(CCCC[NH3+])o1. The number of rotatable bonds is 9. The van der Waals surface area contributed by atoms with Crippen molar-refractivity contribution in [2.24, 2.45) is 0 Å². The summed E-state index contributed by atoms with van der Waals surface area (Å²) in [6.07, 6.45) is 2.85. The molecule has 0 fully saturated rings. The monoisotopic (exact) mass is 287 g/mol. The number of hydrogen-bond donors (Lipinski definition) is 1. The lowest BCUT2D eigenvalue weighted by molar-refractivity contribution is -0.368. The highest BCUT2D eigenvalue weighted by Crippen LogP contribution is 2.17. The highest BCUT2D eigenvalue weighted by molar-refractivity contribution is 7.99. The van der Waals surface area contributed by atoms with Gasteiger partial charge in [-0.1, -0.05) is 11.8 Å². The fraction of sp³-hybridized carbons (Fsp3) is 0.750. The van der Waals surface area contributed by atoms with Crippen molar-refractivity contribution >= 4 is 17.7 Å². The van der Waals surface area contributed by atoms with E-state index in [4.69, 9.17) is 4.42 Å². The zero-order chi connectivity index (χ0) is 14.1. The Labute approximate surface area is 118 Å². The third-order valence-corrected chi connectivity index (χ3v) is 3.58. The van der Waals surface area contributed by atoms with Gasteiger partial charge >= 0.3 is 0 Å². The first-order valence-corrected chi connectivity index (χ1v) is 7.72. The summed E-state index contributed by atoms with van der Waals surface area (Å²) in [6.45, 7) is 6.33. The number of aryl methyl sites for hydroxylation is 1. The van der Waals surface area contributed by atoms with Crippen LogP contribution in [-0.2, 0) is 11.2 Å². The molecule has 0 bridgehead atoms. The number of hydrogen-bond acceptors (Lipinski definition) is 5. The molecule has 7 heteroatoms. The van der Waals surface area contributed by atoms with Crippen molar-refractivity contribution in [3.63, 3.8) is 0 Å². The number of amides is 1. The van der Waals surface area contributed by atoms with Crippen LogP contribution in [0.15, 0.2) is 9.64 Å². The Morgan fingerprint density at radius 2 is 2.05 bits per heavy atom. The molecule has 1 rings (SSSR count). The van der Waals surface area contributed by atoms with E-state index in [-0.39, 0.29) is 5.91 Å². The topological polar surface area (TPSA) is 86.9 Å². The van der Waals surface area contributed by atoms with E-state index in [1.165, 1.54) is 11.8 Å². The summed E-state index contributed by atoms with van der Waals surface area (Å²) >= 11 is 1.30. The van der Waals surface area contributed by atoms with Gasteiger partial charge in [0.05, 0.1) is 12.3 Å². The van der Waals surface area contributed by atoms with Gasteiger partial charge in [0.2, 0.25) is 11.8 Å². The van der Waals surface area contributed by atoms with Crippen molar-refractivity contribution in [3.8, 4) is 0 Å². The lowest BCUT2D eigenvalue weighted by Gasteiger charge is -2.17. The standard InChI is InChI=1S/C12H22N4O2S/c1-3-16(4-2)11(17)9-19-12-15-14-10(18-12)7-5-6-8-13/h3-9,13H2,1-2H3/p+1. The van der Waals surface area contributed by atoms with Gasteiger partial charge in [0.25, 0.3) is 5.22 Å². The maximum atomic E-state index is 11.8. The first-order chi connectivity index (χ1) is 9.21. The first-order valence-electron chi connectivity index (χ1n) is 6.73. The number of unbranched alkanes of at least 4 members (excludes halogenated alkanes) is 1. The highest BCUT2D eigenvalue weighted by atomic mass is 32.2. The Balaban J connectivity index is 2.35. The van der Waals surface area contributed by atoms with E-state index in [9.17, 15) is 4.79 Å². The molecule has 0 saturated heterocycles. The molecule has 108 valence electrons. The second-order valence-corrected chi connectivity index (χ2v) is 5.05. The lowest BCUT2D eigenvalue weighted by atomic mass is 10.2. The van der Waals surface area contributed by atoms with Gasteiger partial charge in [-0.15, -0.1) is 10.2 Å². The van der Waals surface area contributed by atoms with Crippen LogP contribution in [0, 0.1) is 0 Å². The number of carbonyl (C=O) groups excluding carboxylic acids is 1. The maximum absolute atomic E-state index is 11.8. The van der Waals surface area contributed by atoms with Crippen molar-refractivity contribution in [1.29, 1.82) is 0 Å². The average Bonchev–Trinajstić information content (AvgIpc) is 2.86. The third-order valence-electron chi connectivity index (χ3n) is 2.77. The van der Waals surface area contributed by atoms with E-state index in [2.05, 4.69) is 15.9 Å². The minimum Gasteiger partial charge on any atom is -0.416 e. The summed E-state index contributed by atoms with van der Waals surface area (Å²) in [5, 5.41) is 8.38. The van der Waals surface area contributed by atoms with Crippen molar-refractivity contribution in [2.75, 3.05) is 25.4 Å². The summed E-state index contributed by atoms with van der Waals surface area (Å²) in [4.78, 5) is 13.6. The molecule has 1 aromatic heterocycles. The molecule has 0 saturated carbocycles.